The van der Waals surface area contributed by atoms with Crippen LogP contribution in [-0.2, 0) is 4.79 Å². The molecule has 3 aliphatic rings. The Morgan fingerprint density at radius 3 is 2.37 bits per heavy atom. The number of aliphatic carboxylic acids is 1. The molecule has 0 aromatic heterocycles. The molecule has 3 fully saturated rings. The van der Waals surface area contributed by atoms with Crippen molar-refractivity contribution >= 4 is 5.97 Å². The van der Waals surface area contributed by atoms with Crippen LogP contribution in [-0.4, -0.2) is 46.7 Å². The van der Waals surface area contributed by atoms with Crippen LogP contribution in [0.3, 0.4) is 0 Å². The van der Waals surface area contributed by atoms with Crippen molar-refractivity contribution in [1.82, 2.24) is 10.2 Å². The minimum Gasteiger partial charge on any atom is -0.480 e. The molecule has 0 aromatic carbocycles. The third-order valence-electron chi connectivity index (χ3n) is 5.49. The Morgan fingerprint density at radius 1 is 1.21 bits per heavy atom. The van der Waals surface area contributed by atoms with Crippen LogP contribution in [0.5, 0.6) is 0 Å². The first kappa shape index (κ1) is 13.4. The van der Waals surface area contributed by atoms with E-state index in [1.807, 2.05) is 0 Å². The van der Waals surface area contributed by atoms with Gasteiger partial charge < -0.3 is 5.11 Å². The van der Waals surface area contributed by atoms with Gasteiger partial charge in [0.15, 0.2) is 0 Å². The molecule has 4 heteroatoms. The van der Waals surface area contributed by atoms with Gasteiger partial charge >= 0.3 is 5.97 Å². The average molecular weight is 266 g/mol. The molecule has 1 saturated heterocycles. The second-order valence-electron chi connectivity index (χ2n) is 7.11. The molecule has 0 radical (unpaired) electrons. The molecule has 2 saturated carbocycles. The average Bonchev–Trinajstić information content (AvgIpc) is 2.94. The number of carboxylic acids is 1. The minimum atomic E-state index is -0.638. The molecule has 2 N–H and O–H groups in total. The van der Waals surface area contributed by atoms with Crippen LogP contribution in [0.4, 0.5) is 0 Å². The van der Waals surface area contributed by atoms with Gasteiger partial charge in [0.2, 0.25) is 0 Å². The number of carboxylic acid groups (broad SMARTS) is 1. The number of carbonyl (C=O) groups is 1. The zero-order valence-corrected chi connectivity index (χ0v) is 12.1. The van der Waals surface area contributed by atoms with Gasteiger partial charge in [-0.2, -0.15) is 0 Å². The first-order valence-corrected chi connectivity index (χ1v) is 7.75. The molecule has 0 aromatic rings. The van der Waals surface area contributed by atoms with Crippen LogP contribution >= 0.6 is 0 Å². The second-order valence-corrected chi connectivity index (χ2v) is 7.11. The summed E-state index contributed by atoms with van der Waals surface area (Å²) in [5.41, 5.74) is -0.638. The lowest BCUT2D eigenvalue weighted by molar-refractivity contribution is -0.145. The van der Waals surface area contributed by atoms with E-state index in [0.29, 0.717) is 12.1 Å². The molecule has 0 bridgehead atoms. The summed E-state index contributed by atoms with van der Waals surface area (Å²) in [7, 11) is 0. The lowest BCUT2D eigenvalue weighted by Crippen LogP contribution is -2.52. The van der Waals surface area contributed by atoms with Gasteiger partial charge in [-0.15, -0.1) is 0 Å². The highest BCUT2D eigenvalue weighted by Crippen LogP contribution is 2.38. The predicted molar refractivity (Wildman–Crippen MR) is 74.1 cm³/mol. The number of hydrogen-bond donors (Lipinski definition) is 2. The van der Waals surface area contributed by atoms with Crippen LogP contribution in [0.25, 0.3) is 0 Å². The van der Waals surface area contributed by atoms with E-state index in [4.69, 9.17) is 0 Å². The Balaban J connectivity index is 1.65. The Bertz CT molecular complexity index is 359. The van der Waals surface area contributed by atoms with E-state index >= 15 is 0 Å². The van der Waals surface area contributed by atoms with Gasteiger partial charge in [0.1, 0.15) is 5.54 Å². The zero-order chi connectivity index (χ0) is 13.6. The van der Waals surface area contributed by atoms with Crippen molar-refractivity contribution in [2.45, 2.75) is 63.6 Å². The van der Waals surface area contributed by atoms with E-state index < -0.39 is 11.5 Å². The highest BCUT2D eigenvalue weighted by molar-refractivity contribution is 5.79. The minimum absolute atomic E-state index is 0.464. The van der Waals surface area contributed by atoms with Crippen molar-refractivity contribution in [3.05, 3.63) is 0 Å². The van der Waals surface area contributed by atoms with Gasteiger partial charge in [0.05, 0.1) is 0 Å². The van der Waals surface area contributed by atoms with Crippen LogP contribution < -0.4 is 5.32 Å². The lowest BCUT2D eigenvalue weighted by Gasteiger charge is -2.29. The van der Waals surface area contributed by atoms with Crippen LogP contribution in [0, 0.1) is 11.8 Å². The fraction of sp³-hybridized carbons (Fsp3) is 0.933. The predicted octanol–water partition coefficient (Wildman–Crippen LogP) is 1.70. The Morgan fingerprint density at radius 2 is 1.84 bits per heavy atom. The lowest BCUT2D eigenvalue weighted by atomic mass is 9.97. The van der Waals surface area contributed by atoms with Gasteiger partial charge in [0.25, 0.3) is 0 Å². The topological polar surface area (TPSA) is 52.6 Å². The highest BCUT2D eigenvalue weighted by Gasteiger charge is 2.50. The molecule has 19 heavy (non-hydrogen) atoms. The van der Waals surface area contributed by atoms with Crippen LogP contribution in [0.2, 0.25) is 0 Å². The molecule has 2 aliphatic carbocycles. The first-order chi connectivity index (χ1) is 9.00. The first-order valence-electron chi connectivity index (χ1n) is 7.75. The maximum Gasteiger partial charge on any atom is 0.323 e. The van der Waals surface area contributed by atoms with E-state index in [2.05, 4.69) is 24.1 Å². The third kappa shape index (κ3) is 2.52. The summed E-state index contributed by atoms with van der Waals surface area (Å²) in [6, 6.07) is 0.932. The standard InChI is InChI=1S/C15H26N2O2/c1-10-8-17(9-11(10)2)13-5-6-15(7-13,14(18)19)16-12-3-4-12/h10-13,16H,3-9H2,1-2H3,(H,18,19). The van der Waals surface area contributed by atoms with Crippen molar-refractivity contribution < 1.29 is 9.90 Å². The maximum atomic E-state index is 11.7. The quantitative estimate of drug-likeness (QED) is 0.813. The summed E-state index contributed by atoms with van der Waals surface area (Å²) in [4.78, 5) is 14.2. The molecular weight excluding hydrogens is 240 g/mol. The molecular formula is C15H26N2O2. The van der Waals surface area contributed by atoms with E-state index in [1.165, 1.54) is 0 Å². The number of likely N-dealkylation sites (tertiary alicyclic amines) is 1. The van der Waals surface area contributed by atoms with Crippen molar-refractivity contribution in [1.29, 1.82) is 0 Å². The summed E-state index contributed by atoms with van der Waals surface area (Å²) < 4.78 is 0. The largest absolute Gasteiger partial charge is 0.480 e. The van der Waals surface area contributed by atoms with E-state index in [-0.39, 0.29) is 0 Å². The molecule has 0 amide bonds. The normalized spacial score (nSPS) is 43.8. The molecule has 4 unspecified atom stereocenters. The molecule has 1 aliphatic heterocycles. The van der Waals surface area contributed by atoms with Crippen LogP contribution in [0.1, 0.15) is 46.0 Å². The van der Waals surface area contributed by atoms with Crippen molar-refractivity contribution in [2.24, 2.45) is 11.8 Å². The van der Waals surface area contributed by atoms with E-state index in [9.17, 15) is 9.90 Å². The number of nitrogens with zero attached hydrogens (tertiary/aromatic N) is 1. The Hall–Kier alpha value is -0.610. The molecule has 1 heterocycles. The summed E-state index contributed by atoms with van der Waals surface area (Å²) in [6.07, 6.45) is 4.92. The monoisotopic (exact) mass is 266 g/mol. The highest BCUT2D eigenvalue weighted by atomic mass is 16.4. The van der Waals surface area contributed by atoms with Crippen molar-refractivity contribution in [2.75, 3.05) is 13.1 Å². The molecule has 4 atom stereocenters. The van der Waals surface area contributed by atoms with E-state index in [1.54, 1.807) is 0 Å². The fourth-order valence-electron chi connectivity index (χ4n) is 3.81. The maximum absolute atomic E-state index is 11.7. The summed E-state index contributed by atoms with van der Waals surface area (Å²) in [5, 5.41) is 13.0. The van der Waals surface area contributed by atoms with Gasteiger partial charge in [-0.1, -0.05) is 13.8 Å². The van der Waals surface area contributed by atoms with Crippen molar-refractivity contribution in [3.8, 4) is 0 Å². The van der Waals surface area contributed by atoms with Crippen molar-refractivity contribution in [3.63, 3.8) is 0 Å². The van der Waals surface area contributed by atoms with Gasteiger partial charge in [-0.3, -0.25) is 15.0 Å². The Labute approximate surface area is 115 Å². The molecule has 0 spiro atoms. The summed E-state index contributed by atoms with van der Waals surface area (Å²) in [6.45, 7) is 6.91. The summed E-state index contributed by atoms with van der Waals surface area (Å²) in [5.74, 6) is 0.856. The summed E-state index contributed by atoms with van der Waals surface area (Å²) >= 11 is 0. The second kappa shape index (κ2) is 4.74. The smallest absolute Gasteiger partial charge is 0.323 e. The number of nitrogens with one attached hydrogen (secondary N) is 1. The third-order valence-corrected chi connectivity index (χ3v) is 5.49. The SMILES string of the molecule is CC1CN(C2CCC(NC3CC3)(C(=O)O)C2)CC1C. The zero-order valence-electron chi connectivity index (χ0n) is 12.1. The molecule has 3 rings (SSSR count). The van der Waals surface area contributed by atoms with Gasteiger partial charge in [0, 0.05) is 25.2 Å². The van der Waals surface area contributed by atoms with Crippen LogP contribution in [0.15, 0.2) is 0 Å². The van der Waals surface area contributed by atoms with E-state index in [0.717, 1.165) is 57.0 Å². The number of rotatable bonds is 4. The fourth-order valence-corrected chi connectivity index (χ4v) is 3.81. The van der Waals surface area contributed by atoms with Gasteiger partial charge in [-0.25, -0.2) is 0 Å². The van der Waals surface area contributed by atoms with Gasteiger partial charge in [-0.05, 0) is 43.9 Å². The molecule has 108 valence electrons. The molecule has 4 nitrogen and oxygen atoms in total. The number of hydrogen-bond acceptors (Lipinski definition) is 3. The Kier molecular flexibility index (Phi) is 3.34.